The van der Waals surface area contributed by atoms with Crippen LogP contribution in [-0.4, -0.2) is 37.7 Å². The second-order valence-electron chi connectivity index (χ2n) is 5.91. The van der Waals surface area contributed by atoms with E-state index >= 15 is 0 Å². The zero-order chi connectivity index (χ0) is 13.1. The van der Waals surface area contributed by atoms with Crippen LogP contribution in [0.3, 0.4) is 0 Å². The summed E-state index contributed by atoms with van der Waals surface area (Å²) in [6.45, 7) is 4.32. The molecule has 112 valence electrons. The summed E-state index contributed by atoms with van der Waals surface area (Å²) in [6.07, 6.45) is 3.96. The fourth-order valence-corrected chi connectivity index (χ4v) is 2.66. The van der Waals surface area contributed by atoms with E-state index in [0.717, 1.165) is 31.4 Å². The summed E-state index contributed by atoms with van der Waals surface area (Å²) in [7, 11) is 2.06. The van der Waals surface area contributed by atoms with Crippen molar-refractivity contribution in [2.24, 2.45) is 5.92 Å². The number of hydrogen-bond donors (Lipinski definition) is 1. The highest BCUT2D eigenvalue weighted by Gasteiger charge is 2.22. The van der Waals surface area contributed by atoms with Crippen LogP contribution in [-0.2, 0) is 6.54 Å². The summed E-state index contributed by atoms with van der Waals surface area (Å²) in [5.41, 5.74) is 1.38. The number of halogens is 1. The maximum absolute atomic E-state index is 5.77. The predicted octanol–water partition coefficient (Wildman–Crippen LogP) is 2.69. The van der Waals surface area contributed by atoms with Gasteiger partial charge in [-0.2, -0.15) is 0 Å². The SMILES string of the molecule is CNC1CCN(Cc2ccc(OCC3CC3)cc2)C1.Cl. The predicted molar refractivity (Wildman–Crippen MR) is 84.7 cm³/mol. The number of likely N-dealkylation sites (N-methyl/N-ethyl adjacent to an activating group) is 1. The van der Waals surface area contributed by atoms with Crippen molar-refractivity contribution in [2.45, 2.75) is 31.8 Å². The van der Waals surface area contributed by atoms with E-state index in [2.05, 4.69) is 41.5 Å². The molecule has 0 amide bonds. The monoisotopic (exact) mass is 296 g/mol. The summed E-state index contributed by atoms with van der Waals surface area (Å²) >= 11 is 0. The Hall–Kier alpha value is -0.770. The number of benzene rings is 1. The molecule has 3 rings (SSSR count). The zero-order valence-electron chi connectivity index (χ0n) is 12.2. The highest BCUT2D eigenvalue weighted by Crippen LogP contribution is 2.29. The van der Waals surface area contributed by atoms with Crippen molar-refractivity contribution in [2.75, 3.05) is 26.7 Å². The molecule has 0 aromatic heterocycles. The molecule has 1 aromatic rings. The lowest BCUT2D eigenvalue weighted by molar-refractivity contribution is 0.299. The molecule has 0 spiro atoms. The van der Waals surface area contributed by atoms with Crippen LogP contribution in [0.25, 0.3) is 0 Å². The van der Waals surface area contributed by atoms with Gasteiger partial charge in [-0.15, -0.1) is 12.4 Å². The molecule has 3 nitrogen and oxygen atoms in total. The summed E-state index contributed by atoms with van der Waals surface area (Å²) in [5.74, 6) is 1.84. The molecule has 1 N–H and O–H groups in total. The largest absolute Gasteiger partial charge is 0.493 e. The first-order chi connectivity index (χ1) is 9.33. The van der Waals surface area contributed by atoms with Crippen LogP contribution in [0.2, 0.25) is 0 Å². The van der Waals surface area contributed by atoms with Crippen molar-refractivity contribution in [3.05, 3.63) is 29.8 Å². The lowest BCUT2D eigenvalue weighted by Gasteiger charge is -2.16. The third-order valence-corrected chi connectivity index (χ3v) is 4.19. The molecule has 1 heterocycles. The van der Waals surface area contributed by atoms with Crippen LogP contribution >= 0.6 is 12.4 Å². The van der Waals surface area contributed by atoms with Crippen LogP contribution in [0, 0.1) is 5.92 Å². The highest BCUT2D eigenvalue weighted by atomic mass is 35.5. The topological polar surface area (TPSA) is 24.5 Å². The molecule has 1 saturated carbocycles. The Bertz CT molecular complexity index is 405. The molecule has 1 saturated heterocycles. The molecule has 0 bridgehead atoms. The standard InChI is InChI=1S/C16H24N2O.ClH/c1-17-15-8-9-18(11-15)10-13-4-6-16(7-5-13)19-12-14-2-3-14;/h4-7,14-15,17H,2-3,8-12H2,1H3;1H. The average molecular weight is 297 g/mol. The zero-order valence-corrected chi connectivity index (χ0v) is 13.0. The minimum absolute atomic E-state index is 0. The molecule has 2 aliphatic rings. The lowest BCUT2D eigenvalue weighted by atomic mass is 10.2. The molecule has 4 heteroatoms. The Morgan fingerprint density at radius 1 is 1.20 bits per heavy atom. The normalized spacial score (nSPS) is 22.6. The molecule has 1 unspecified atom stereocenters. The van der Waals surface area contributed by atoms with Gasteiger partial charge in [0.25, 0.3) is 0 Å². The van der Waals surface area contributed by atoms with Gasteiger partial charge in [0.1, 0.15) is 5.75 Å². The molecule has 1 atom stereocenters. The van der Waals surface area contributed by atoms with Crippen molar-refractivity contribution in [1.29, 1.82) is 0 Å². The van der Waals surface area contributed by atoms with Crippen molar-refractivity contribution >= 4 is 12.4 Å². The molecular weight excluding hydrogens is 272 g/mol. The Balaban J connectivity index is 0.00000147. The van der Waals surface area contributed by atoms with Gasteiger partial charge in [-0.25, -0.2) is 0 Å². The van der Waals surface area contributed by atoms with Gasteiger partial charge in [-0.05, 0) is 49.9 Å². The van der Waals surface area contributed by atoms with Crippen LogP contribution in [0.4, 0.5) is 0 Å². The van der Waals surface area contributed by atoms with Crippen LogP contribution in [0.5, 0.6) is 5.75 Å². The Morgan fingerprint density at radius 3 is 2.55 bits per heavy atom. The molecule has 1 aromatic carbocycles. The summed E-state index contributed by atoms with van der Waals surface area (Å²) in [6, 6.07) is 9.30. The third-order valence-electron chi connectivity index (χ3n) is 4.19. The van der Waals surface area contributed by atoms with Crippen molar-refractivity contribution in [3.8, 4) is 5.75 Å². The van der Waals surface area contributed by atoms with E-state index in [-0.39, 0.29) is 12.4 Å². The number of rotatable bonds is 6. The third kappa shape index (κ3) is 4.37. The highest BCUT2D eigenvalue weighted by molar-refractivity contribution is 5.85. The van der Waals surface area contributed by atoms with E-state index in [9.17, 15) is 0 Å². The minimum Gasteiger partial charge on any atom is -0.493 e. The lowest BCUT2D eigenvalue weighted by Crippen LogP contribution is -2.29. The first-order valence-electron chi connectivity index (χ1n) is 7.45. The Kier molecular flexibility index (Phi) is 5.70. The maximum atomic E-state index is 5.77. The minimum atomic E-state index is 0. The van der Waals surface area contributed by atoms with Gasteiger partial charge in [0.15, 0.2) is 0 Å². The second-order valence-corrected chi connectivity index (χ2v) is 5.91. The van der Waals surface area contributed by atoms with Gasteiger partial charge in [0.05, 0.1) is 6.61 Å². The number of nitrogens with zero attached hydrogens (tertiary/aromatic N) is 1. The van der Waals surface area contributed by atoms with Crippen molar-refractivity contribution < 1.29 is 4.74 Å². The summed E-state index contributed by atoms with van der Waals surface area (Å²) in [4.78, 5) is 2.52. The molecular formula is C16H25ClN2O. The first-order valence-corrected chi connectivity index (χ1v) is 7.45. The van der Waals surface area contributed by atoms with Crippen molar-refractivity contribution in [1.82, 2.24) is 10.2 Å². The smallest absolute Gasteiger partial charge is 0.119 e. The van der Waals surface area contributed by atoms with Gasteiger partial charge in [0.2, 0.25) is 0 Å². The van der Waals surface area contributed by atoms with Crippen LogP contribution in [0.15, 0.2) is 24.3 Å². The van der Waals surface area contributed by atoms with E-state index < -0.39 is 0 Å². The Morgan fingerprint density at radius 2 is 1.95 bits per heavy atom. The van der Waals surface area contributed by atoms with E-state index in [4.69, 9.17) is 4.74 Å². The molecule has 2 fully saturated rings. The van der Waals surface area contributed by atoms with Gasteiger partial charge in [0, 0.05) is 25.7 Å². The van der Waals surface area contributed by atoms with Gasteiger partial charge in [-0.1, -0.05) is 12.1 Å². The van der Waals surface area contributed by atoms with E-state index in [1.54, 1.807) is 0 Å². The van der Waals surface area contributed by atoms with Gasteiger partial charge in [-0.3, -0.25) is 4.90 Å². The number of likely N-dealkylation sites (tertiary alicyclic amines) is 1. The number of ether oxygens (including phenoxy) is 1. The summed E-state index contributed by atoms with van der Waals surface area (Å²) < 4.78 is 5.77. The second kappa shape index (κ2) is 7.30. The first kappa shape index (κ1) is 15.6. The van der Waals surface area contributed by atoms with Gasteiger partial charge >= 0.3 is 0 Å². The number of nitrogens with one attached hydrogen (secondary N) is 1. The van der Waals surface area contributed by atoms with E-state index in [0.29, 0.717) is 6.04 Å². The molecule has 0 radical (unpaired) electrons. The van der Waals surface area contributed by atoms with Crippen LogP contribution < -0.4 is 10.1 Å². The van der Waals surface area contributed by atoms with E-state index in [1.165, 1.54) is 31.4 Å². The maximum Gasteiger partial charge on any atom is 0.119 e. The molecule has 1 aliphatic carbocycles. The fraction of sp³-hybridized carbons (Fsp3) is 0.625. The average Bonchev–Trinajstić information content (AvgIpc) is 3.17. The quantitative estimate of drug-likeness (QED) is 0.873. The van der Waals surface area contributed by atoms with E-state index in [1.807, 2.05) is 0 Å². The Labute approximate surface area is 128 Å². The van der Waals surface area contributed by atoms with Gasteiger partial charge < -0.3 is 10.1 Å². The molecule has 20 heavy (non-hydrogen) atoms. The number of hydrogen-bond acceptors (Lipinski definition) is 3. The summed E-state index contributed by atoms with van der Waals surface area (Å²) in [5, 5.41) is 3.36. The fourth-order valence-electron chi connectivity index (χ4n) is 2.66. The molecule has 1 aliphatic heterocycles. The van der Waals surface area contributed by atoms with Crippen LogP contribution in [0.1, 0.15) is 24.8 Å². The van der Waals surface area contributed by atoms with Crippen molar-refractivity contribution in [3.63, 3.8) is 0 Å².